The maximum Gasteiger partial charge on any atom is 0.255 e. The average Bonchev–Trinajstić information content (AvgIpc) is 2.36. The van der Waals surface area contributed by atoms with Gasteiger partial charge in [-0.15, -0.1) is 0 Å². The Morgan fingerprint density at radius 2 is 1.84 bits per heavy atom. The van der Waals surface area contributed by atoms with Crippen molar-refractivity contribution in [2.75, 3.05) is 5.32 Å². The van der Waals surface area contributed by atoms with Gasteiger partial charge in [-0.3, -0.25) is 4.79 Å². The number of hydrogen-bond acceptors (Lipinski definition) is 1. The molecule has 0 bridgehead atoms. The largest absolute Gasteiger partial charge is 0.322 e. The second kappa shape index (κ2) is 5.57. The highest BCUT2D eigenvalue weighted by molar-refractivity contribution is 9.10. The van der Waals surface area contributed by atoms with Gasteiger partial charge in [-0.25, -0.2) is 0 Å². The van der Waals surface area contributed by atoms with E-state index >= 15 is 0 Å². The number of aryl methyl sites for hydroxylation is 2. The number of hydrogen-bond donors (Lipinski definition) is 1. The second-order valence-corrected chi connectivity index (χ2v) is 5.54. The fourth-order valence-electron chi connectivity index (χ4n) is 2.00. The Balaban J connectivity index is 2.28. The Hall–Kier alpha value is -1.61. The first kappa shape index (κ1) is 13.8. The van der Waals surface area contributed by atoms with Crippen LogP contribution in [0.5, 0.6) is 0 Å². The van der Waals surface area contributed by atoms with E-state index in [-0.39, 0.29) is 5.91 Å². The number of carbonyl (C=O) groups is 1. The lowest BCUT2D eigenvalue weighted by molar-refractivity contribution is 0.102. The summed E-state index contributed by atoms with van der Waals surface area (Å²) in [6.45, 7) is 5.97. The van der Waals surface area contributed by atoms with E-state index in [0.717, 1.165) is 21.3 Å². The summed E-state index contributed by atoms with van der Waals surface area (Å²) in [5.74, 6) is -0.0780. The summed E-state index contributed by atoms with van der Waals surface area (Å²) < 4.78 is 0.945. The molecule has 19 heavy (non-hydrogen) atoms. The Labute approximate surface area is 122 Å². The van der Waals surface area contributed by atoms with Gasteiger partial charge >= 0.3 is 0 Å². The highest BCUT2D eigenvalue weighted by Gasteiger charge is 2.11. The molecule has 0 aliphatic carbocycles. The van der Waals surface area contributed by atoms with Crippen molar-refractivity contribution >= 4 is 27.5 Å². The number of rotatable bonds is 2. The van der Waals surface area contributed by atoms with Crippen molar-refractivity contribution in [3.8, 4) is 0 Å². The monoisotopic (exact) mass is 317 g/mol. The van der Waals surface area contributed by atoms with E-state index in [1.54, 1.807) is 0 Å². The first-order valence-electron chi connectivity index (χ1n) is 6.13. The second-order valence-electron chi connectivity index (χ2n) is 4.68. The fraction of sp³-hybridized carbons (Fsp3) is 0.188. The van der Waals surface area contributed by atoms with E-state index in [1.807, 2.05) is 51.1 Å². The zero-order chi connectivity index (χ0) is 14.0. The number of nitrogens with one attached hydrogen (secondary N) is 1. The summed E-state index contributed by atoms with van der Waals surface area (Å²) in [4.78, 5) is 12.3. The predicted octanol–water partition coefficient (Wildman–Crippen LogP) is 4.63. The van der Waals surface area contributed by atoms with Crippen LogP contribution in [0.1, 0.15) is 27.0 Å². The van der Waals surface area contributed by atoms with Crippen molar-refractivity contribution in [2.45, 2.75) is 20.8 Å². The van der Waals surface area contributed by atoms with Crippen LogP contribution in [0.15, 0.2) is 40.9 Å². The SMILES string of the molecule is Cc1ccc(NC(=O)c2cccc(Br)c2C)c(C)c1. The predicted molar refractivity (Wildman–Crippen MR) is 82.7 cm³/mol. The summed E-state index contributed by atoms with van der Waals surface area (Å²) in [7, 11) is 0. The lowest BCUT2D eigenvalue weighted by atomic mass is 10.1. The molecule has 2 aromatic rings. The molecule has 0 saturated heterocycles. The maximum absolute atomic E-state index is 12.3. The number of amides is 1. The van der Waals surface area contributed by atoms with Gasteiger partial charge in [0, 0.05) is 15.7 Å². The van der Waals surface area contributed by atoms with Crippen LogP contribution < -0.4 is 5.32 Å². The van der Waals surface area contributed by atoms with Crippen molar-refractivity contribution < 1.29 is 4.79 Å². The smallest absolute Gasteiger partial charge is 0.255 e. The Morgan fingerprint density at radius 1 is 1.11 bits per heavy atom. The normalized spacial score (nSPS) is 10.3. The van der Waals surface area contributed by atoms with Gasteiger partial charge in [0.25, 0.3) is 5.91 Å². The van der Waals surface area contributed by atoms with Gasteiger partial charge in [0.05, 0.1) is 0 Å². The van der Waals surface area contributed by atoms with Crippen LogP contribution in [-0.4, -0.2) is 5.91 Å². The summed E-state index contributed by atoms with van der Waals surface area (Å²) in [6.07, 6.45) is 0. The van der Waals surface area contributed by atoms with Crippen LogP contribution in [0.2, 0.25) is 0 Å². The molecule has 0 radical (unpaired) electrons. The molecule has 0 aliphatic heterocycles. The summed E-state index contributed by atoms with van der Waals surface area (Å²) in [5, 5.41) is 2.96. The van der Waals surface area contributed by atoms with Crippen LogP contribution in [-0.2, 0) is 0 Å². The summed E-state index contributed by atoms with van der Waals surface area (Å²) in [6, 6.07) is 11.6. The molecule has 1 N–H and O–H groups in total. The van der Waals surface area contributed by atoms with Gasteiger partial charge in [0.2, 0.25) is 0 Å². The molecule has 2 rings (SSSR count). The molecule has 0 fully saturated rings. The van der Waals surface area contributed by atoms with E-state index in [1.165, 1.54) is 5.56 Å². The van der Waals surface area contributed by atoms with Gasteiger partial charge in [-0.1, -0.05) is 39.7 Å². The average molecular weight is 318 g/mol. The van der Waals surface area contributed by atoms with E-state index in [2.05, 4.69) is 27.3 Å². The minimum Gasteiger partial charge on any atom is -0.322 e. The summed E-state index contributed by atoms with van der Waals surface area (Å²) in [5.41, 5.74) is 4.75. The van der Waals surface area contributed by atoms with Gasteiger partial charge in [0.1, 0.15) is 0 Å². The Morgan fingerprint density at radius 3 is 2.53 bits per heavy atom. The molecular formula is C16H16BrNO. The van der Waals surface area contributed by atoms with Crippen LogP contribution in [0.4, 0.5) is 5.69 Å². The minimum absolute atomic E-state index is 0.0780. The van der Waals surface area contributed by atoms with Crippen LogP contribution in [0.25, 0.3) is 0 Å². The van der Waals surface area contributed by atoms with Crippen LogP contribution in [0, 0.1) is 20.8 Å². The number of carbonyl (C=O) groups excluding carboxylic acids is 1. The van der Waals surface area contributed by atoms with Crippen molar-refractivity contribution in [2.24, 2.45) is 0 Å². The number of halogens is 1. The van der Waals surface area contributed by atoms with Gasteiger partial charge in [-0.05, 0) is 50.1 Å². The van der Waals surface area contributed by atoms with Gasteiger partial charge in [0.15, 0.2) is 0 Å². The van der Waals surface area contributed by atoms with E-state index in [0.29, 0.717) is 5.56 Å². The van der Waals surface area contributed by atoms with Crippen LogP contribution in [0.3, 0.4) is 0 Å². The third-order valence-corrected chi connectivity index (χ3v) is 4.00. The highest BCUT2D eigenvalue weighted by Crippen LogP contribution is 2.22. The highest BCUT2D eigenvalue weighted by atomic mass is 79.9. The molecule has 0 saturated carbocycles. The van der Waals surface area contributed by atoms with Crippen molar-refractivity contribution in [3.05, 3.63) is 63.1 Å². The van der Waals surface area contributed by atoms with Crippen molar-refractivity contribution in [1.82, 2.24) is 0 Å². The van der Waals surface area contributed by atoms with E-state index in [4.69, 9.17) is 0 Å². The minimum atomic E-state index is -0.0780. The fourth-order valence-corrected chi connectivity index (χ4v) is 2.36. The molecule has 3 heteroatoms. The van der Waals surface area contributed by atoms with Gasteiger partial charge in [-0.2, -0.15) is 0 Å². The number of anilines is 1. The Bertz CT molecular complexity index is 635. The third kappa shape index (κ3) is 3.04. The standard InChI is InChI=1S/C16H16BrNO/c1-10-7-8-15(11(2)9-10)18-16(19)13-5-4-6-14(17)12(13)3/h4-9H,1-3H3,(H,18,19). The zero-order valence-corrected chi connectivity index (χ0v) is 12.8. The lowest BCUT2D eigenvalue weighted by Crippen LogP contribution is -2.14. The van der Waals surface area contributed by atoms with Crippen LogP contribution >= 0.6 is 15.9 Å². The quantitative estimate of drug-likeness (QED) is 0.859. The van der Waals surface area contributed by atoms with E-state index < -0.39 is 0 Å². The third-order valence-electron chi connectivity index (χ3n) is 3.14. The molecule has 0 spiro atoms. The lowest BCUT2D eigenvalue weighted by Gasteiger charge is -2.11. The van der Waals surface area contributed by atoms with E-state index in [9.17, 15) is 4.79 Å². The molecule has 2 nitrogen and oxygen atoms in total. The molecule has 0 heterocycles. The Kier molecular flexibility index (Phi) is 4.05. The zero-order valence-electron chi connectivity index (χ0n) is 11.3. The first-order chi connectivity index (χ1) is 8.99. The molecule has 1 amide bonds. The molecule has 0 aromatic heterocycles. The topological polar surface area (TPSA) is 29.1 Å². The molecular weight excluding hydrogens is 302 g/mol. The molecule has 0 unspecified atom stereocenters. The maximum atomic E-state index is 12.3. The molecule has 0 atom stereocenters. The van der Waals surface area contributed by atoms with Crippen molar-refractivity contribution in [1.29, 1.82) is 0 Å². The molecule has 98 valence electrons. The summed E-state index contributed by atoms with van der Waals surface area (Å²) >= 11 is 3.44. The first-order valence-corrected chi connectivity index (χ1v) is 6.92. The molecule has 0 aliphatic rings. The van der Waals surface area contributed by atoms with Gasteiger partial charge < -0.3 is 5.32 Å². The van der Waals surface area contributed by atoms with Crippen molar-refractivity contribution in [3.63, 3.8) is 0 Å². The number of benzene rings is 2. The molecule has 2 aromatic carbocycles.